The normalized spacial score (nSPS) is 11.3. The Kier molecular flexibility index (Phi) is 6.99. The summed E-state index contributed by atoms with van der Waals surface area (Å²) in [6.45, 7) is 7.00. The Bertz CT molecular complexity index is 1780. The summed E-state index contributed by atoms with van der Waals surface area (Å²) in [4.78, 5) is 26.1. The van der Waals surface area contributed by atoms with Crippen LogP contribution in [0.15, 0.2) is 59.9 Å². The minimum absolute atomic E-state index is 0.0933. The van der Waals surface area contributed by atoms with E-state index in [0.717, 1.165) is 45.5 Å². The fourth-order valence-corrected chi connectivity index (χ4v) is 4.57. The van der Waals surface area contributed by atoms with Gasteiger partial charge in [0.2, 0.25) is 0 Å². The van der Waals surface area contributed by atoms with Crippen LogP contribution in [0.2, 0.25) is 0 Å². The van der Waals surface area contributed by atoms with E-state index in [1.807, 2.05) is 31.3 Å². The Hall–Kier alpha value is -4.42. The monoisotopic (exact) mass is 512 g/mol. The molecule has 3 aromatic heterocycles. The predicted molar refractivity (Wildman–Crippen MR) is 143 cm³/mol. The number of nitrogens with one attached hydrogen (secondary N) is 1. The van der Waals surface area contributed by atoms with E-state index in [9.17, 15) is 13.6 Å². The molecule has 0 saturated carbocycles. The molecule has 9 heteroatoms. The quantitative estimate of drug-likeness (QED) is 0.268. The van der Waals surface area contributed by atoms with Gasteiger partial charge in [0.1, 0.15) is 11.3 Å². The van der Waals surface area contributed by atoms with Gasteiger partial charge < -0.3 is 9.88 Å². The molecule has 38 heavy (non-hydrogen) atoms. The van der Waals surface area contributed by atoms with E-state index >= 15 is 0 Å². The van der Waals surface area contributed by atoms with Crippen molar-refractivity contribution in [1.29, 1.82) is 0 Å². The lowest BCUT2D eigenvalue weighted by Gasteiger charge is -2.12. The van der Waals surface area contributed by atoms with Gasteiger partial charge in [-0.15, -0.1) is 0 Å². The summed E-state index contributed by atoms with van der Waals surface area (Å²) in [6.07, 6.45) is 4.68. The Morgan fingerprint density at radius 1 is 1.05 bits per heavy atom. The van der Waals surface area contributed by atoms with Crippen LogP contribution >= 0.6 is 0 Å². The van der Waals surface area contributed by atoms with E-state index in [-0.39, 0.29) is 24.7 Å². The number of nitrogens with zero attached hydrogens (tertiary/aromatic N) is 5. The van der Waals surface area contributed by atoms with Gasteiger partial charge in [-0.3, -0.25) is 14.3 Å². The van der Waals surface area contributed by atoms with Gasteiger partial charge >= 0.3 is 0 Å². The minimum Gasteiger partial charge on any atom is -0.325 e. The Morgan fingerprint density at radius 2 is 1.89 bits per heavy atom. The summed E-state index contributed by atoms with van der Waals surface area (Å²) in [5, 5.41) is 4.16. The molecule has 0 amide bonds. The zero-order chi connectivity index (χ0) is 26.8. The fourth-order valence-electron chi connectivity index (χ4n) is 4.57. The molecule has 2 aromatic carbocycles. The number of pyridine rings is 1. The van der Waals surface area contributed by atoms with Crippen molar-refractivity contribution in [3.63, 3.8) is 0 Å². The van der Waals surface area contributed by atoms with Crippen LogP contribution in [0.3, 0.4) is 0 Å². The molecule has 0 fully saturated rings. The van der Waals surface area contributed by atoms with Crippen LogP contribution in [0, 0.1) is 30.4 Å². The molecule has 1 N–H and O–H groups in total. The van der Waals surface area contributed by atoms with Crippen LogP contribution in [0.25, 0.3) is 21.9 Å². The van der Waals surface area contributed by atoms with Crippen LogP contribution in [0.4, 0.5) is 8.78 Å². The van der Waals surface area contributed by atoms with E-state index in [4.69, 9.17) is 0 Å². The number of aryl methyl sites for hydroxylation is 1. The van der Waals surface area contributed by atoms with Crippen molar-refractivity contribution in [1.82, 2.24) is 29.4 Å². The maximum absolute atomic E-state index is 13.5. The largest absolute Gasteiger partial charge is 0.325 e. The second kappa shape index (κ2) is 10.5. The topological polar surface area (TPSA) is 77.6 Å². The minimum atomic E-state index is -0.951. The Morgan fingerprint density at radius 3 is 2.68 bits per heavy atom. The van der Waals surface area contributed by atoms with Gasteiger partial charge in [-0.2, -0.15) is 0 Å². The molecule has 0 spiro atoms. The highest BCUT2D eigenvalue weighted by Gasteiger charge is 2.14. The van der Waals surface area contributed by atoms with Crippen molar-refractivity contribution < 1.29 is 8.78 Å². The molecular weight excluding hydrogens is 486 g/mol. The third-order valence-corrected chi connectivity index (χ3v) is 6.28. The fraction of sp³-hybridized carbons (Fsp3) is 0.241. The van der Waals surface area contributed by atoms with E-state index in [0.29, 0.717) is 17.7 Å². The van der Waals surface area contributed by atoms with Crippen LogP contribution < -0.4 is 10.9 Å². The Labute approximate surface area is 218 Å². The number of aromatic nitrogens is 5. The molecule has 5 aromatic rings. The third kappa shape index (κ3) is 5.04. The van der Waals surface area contributed by atoms with E-state index in [1.54, 1.807) is 0 Å². The summed E-state index contributed by atoms with van der Waals surface area (Å²) in [6, 6.07) is 9.76. The molecule has 7 nitrogen and oxygen atoms in total. The molecule has 5 rings (SSSR count). The number of hydrogen-bond acceptors (Lipinski definition) is 5. The third-order valence-electron chi connectivity index (χ3n) is 6.28. The van der Waals surface area contributed by atoms with E-state index < -0.39 is 11.6 Å². The summed E-state index contributed by atoms with van der Waals surface area (Å²) < 4.78 is 30.3. The molecule has 0 saturated heterocycles. The van der Waals surface area contributed by atoms with Gasteiger partial charge in [0.25, 0.3) is 5.56 Å². The maximum atomic E-state index is 13.5. The first-order chi connectivity index (χ1) is 18.3. The second-order valence-corrected chi connectivity index (χ2v) is 9.35. The summed E-state index contributed by atoms with van der Waals surface area (Å²) >= 11 is 0. The molecular formula is C29H26F2N6O. The van der Waals surface area contributed by atoms with E-state index in [1.165, 1.54) is 23.2 Å². The zero-order valence-electron chi connectivity index (χ0n) is 21.3. The first-order valence-corrected chi connectivity index (χ1v) is 12.3. The highest BCUT2D eigenvalue weighted by molar-refractivity contribution is 6.02. The smallest absolute Gasteiger partial charge is 0.258 e. The lowest BCUT2D eigenvalue weighted by atomic mass is 10.1. The van der Waals surface area contributed by atoms with Crippen LogP contribution in [-0.2, 0) is 13.1 Å². The number of fused-ring (bicyclic) bond motifs is 3. The van der Waals surface area contributed by atoms with Crippen molar-refractivity contribution in [2.45, 2.75) is 39.9 Å². The molecule has 0 unspecified atom stereocenters. The number of halogens is 2. The molecule has 0 aliphatic heterocycles. The van der Waals surface area contributed by atoms with Gasteiger partial charge in [-0.05, 0) is 56.7 Å². The SMILES string of the molecule is Cc1nc2cnc3ccc(C#CCNCc4cncn(Cc5ccc(F)c(F)c5)c4=O)cc3c2n1C(C)C. The van der Waals surface area contributed by atoms with Crippen molar-refractivity contribution >= 4 is 21.9 Å². The summed E-state index contributed by atoms with van der Waals surface area (Å²) in [7, 11) is 0. The maximum Gasteiger partial charge on any atom is 0.258 e. The molecule has 0 aliphatic carbocycles. The molecule has 192 valence electrons. The van der Waals surface area contributed by atoms with Crippen molar-refractivity contribution in [2.75, 3.05) is 6.54 Å². The Balaban J connectivity index is 1.29. The van der Waals surface area contributed by atoms with Crippen molar-refractivity contribution in [2.24, 2.45) is 0 Å². The molecule has 3 heterocycles. The van der Waals surface area contributed by atoms with Crippen LogP contribution in [0.5, 0.6) is 0 Å². The summed E-state index contributed by atoms with van der Waals surface area (Å²) in [5.41, 5.74) is 4.33. The first-order valence-electron chi connectivity index (χ1n) is 12.3. The van der Waals surface area contributed by atoms with Gasteiger partial charge in [-0.1, -0.05) is 17.9 Å². The van der Waals surface area contributed by atoms with Gasteiger partial charge in [0, 0.05) is 35.3 Å². The van der Waals surface area contributed by atoms with Crippen LogP contribution in [0.1, 0.15) is 42.4 Å². The van der Waals surface area contributed by atoms with Crippen molar-refractivity contribution in [3.8, 4) is 11.8 Å². The van der Waals surface area contributed by atoms with Gasteiger partial charge in [0.05, 0.1) is 36.6 Å². The van der Waals surface area contributed by atoms with Crippen LogP contribution in [-0.4, -0.2) is 30.6 Å². The van der Waals surface area contributed by atoms with Gasteiger partial charge in [-0.25, -0.2) is 18.7 Å². The molecule has 0 aliphatic rings. The standard InChI is InChI=1S/C29H26F2N6O/c1-18(2)37-19(3)35-27-15-34-26-9-7-20(11-23(26)28(27)37)5-4-10-32-13-22-14-33-17-36(29(22)38)16-21-6-8-24(30)25(31)12-21/h6-9,11-12,14-15,17-18,32H,10,13,16H2,1-3H3. The average molecular weight is 513 g/mol. The molecule has 0 bridgehead atoms. The number of imidazole rings is 1. The number of hydrogen-bond donors (Lipinski definition) is 1. The lowest BCUT2D eigenvalue weighted by molar-refractivity contribution is 0.506. The number of benzene rings is 2. The second-order valence-electron chi connectivity index (χ2n) is 9.35. The first kappa shape index (κ1) is 25.2. The van der Waals surface area contributed by atoms with Gasteiger partial charge in [0.15, 0.2) is 11.6 Å². The highest BCUT2D eigenvalue weighted by atomic mass is 19.2. The highest BCUT2D eigenvalue weighted by Crippen LogP contribution is 2.28. The zero-order valence-corrected chi connectivity index (χ0v) is 21.3. The molecule has 0 radical (unpaired) electrons. The molecule has 0 atom stereocenters. The lowest BCUT2D eigenvalue weighted by Crippen LogP contribution is -2.28. The predicted octanol–water partition coefficient (Wildman–Crippen LogP) is 4.50. The average Bonchev–Trinajstić information content (AvgIpc) is 3.24. The number of rotatable bonds is 6. The summed E-state index contributed by atoms with van der Waals surface area (Å²) in [5.74, 6) is 5.35. The van der Waals surface area contributed by atoms with Crippen molar-refractivity contribution in [3.05, 3.63) is 99.6 Å². The van der Waals surface area contributed by atoms with E-state index in [2.05, 4.69) is 50.5 Å².